The smallest absolute Gasteiger partial charge is 0.238 e. The quantitative estimate of drug-likeness (QED) is 0.871. The van der Waals surface area contributed by atoms with E-state index in [0.717, 1.165) is 12.0 Å². The van der Waals surface area contributed by atoms with Gasteiger partial charge in [-0.2, -0.15) is 0 Å². The number of ketones is 1. The Labute approximate surface area is 131 Å². The molecule has 1 aromatic carbocycles. The van der Waals surface area contributed by atoms with Gasteiger partial charge in [0.25, 0.3) is 0 Å². The number of methoxy groups -OCH3 is 1. The summed E-state index contributed by atoms with van der Waals surface area (Å²) in [4.78, 5) is 25.5. The van der Waals surface area contributed by atoms with Crippen LogP contribution in [-0.4, -0.2) is 18.8 Å². The molecule has 2 unspecified atom stereocenters. The second kappa shape index (κ2) is 4.83. The number of rotatable bonds is 3. The third-order valence-corrected chi connectivity index (χ3v) is 5.89. The molecule has 22 heavy (non-hydrogen) atoms. The van der Waals surface area contributed by atoms with Crippen LogP contribution in [0.5, 0.6) is 5.75 Å². The standard InChI is InChI=1S/C18H23NO3/c1-11-5-6-14(22-4)13(9-11)19-16(21)18-8-7-12(10-15(18)20)17(18,2)3/h5-6,9,12H,7-8,10H2,1-4H3,(H,19,21). The van der Waals surface area contributed by atoms with Crippen molar-refractivity contribution in [3.63, 3.8) is 0 Å². The van der Waals surface area contributed by atoms with Crippen LogP contribution in [0.15, 0.2) is 18.2 Å². The van der Waals surface area contributed by atoms with Crippen molar-refractivity contribution in [2.75, 3.05) is 12.4 Å². The van der Waals surface area contributed by atoms with Crippen molar-refractivity contribution < 1.29 is 14.3 Å². The van der Waals surface area contributed by atoms with E-state index in [1.165, 1.54) is 0 Å². The summed E-state index contributed by atoms with van der Waals surface area (Å²) in [7, 11) is 1.58. The molecule has 0 saturated heterocycles. The molecular formula is C18H23NO3. The molecule has 3 rings (SSSR count). The summed E-state index contributed by atoms with van der Waals surface area (Å²) in [6, 6.07) is 5.65. The van der Waals surface area contributed by atoms with Gasteiger partial charge >= 0.3 is 0 Å². The third-order valence-electron chi connectivity index (χ3n) is 5.89. The van der Waals surface area contributed by atoms with Crippen LogP contribution in [0.3, 0.4) is 0 Å². The molecule has 1 aromatic rings. The highest BCUT2D eigenvalue weighted by atomic mass is 16.5. The Bertz CT molecular complexity index is 650. The summed E-state index contributed by atoms with van der Waals surface area (Å²) < 4.78 is 5.32. The largest absolute Gasteiger partial charge is 0.495 e. The van der Waals surface area contributed by atoms with Gasteiger partial charge in [-0.05, 0) is 48.8 Å². The maximum absolute atomic E-state index is 13.0. The Morgan fingerprint density at radius 2 is 2.09 bits per heavy atom. The summed E-state index contributed by atoms with van der Waals surface area (Å²) >= 11 is 0. The van der Waals surface area contributed by atoms with Crippen LogP contribution in [0.25, 0.3) is 0 Å². The monoisotopic (exact) mass is 301 g/mol. The average Bonchev–Trinajstić information content (AvgIpc) is 2.82. The highest BCUT2D eigenvalue weighted by Gasteiger charge is 2.68. The lowest BCUT2D eigenvalue weighted by Gasteiger charge is -2.35. The molecule has 2 bridgehead atoms. The number of carbonyl (C=O) groups excluding carboxylic acids is 2. The predicted octanol–water partition coefficient (Wildman–Crippen LogP) is 3.34. The summed E-state index contributed by atoms with van der Waals surface area (Å²) in [6.45, 7) is 6.08. The number of fused-ring (bicyclic) bond motifs is 2. The molecule has 0 radical (unpaired) electrons. The van der Waals surface area contributed by atoms with E-state index in [-0.39, 0.29) is 17.1 Å². The summed E-state index contributed by atoms with van der Waals surface area (Å²) in [6.07, 6.45) is 2.14. The number of anilines is 1. The summed E-state index contributed by atoms with van der Waals surface area (Å²) in [5.41, 5.74) is 0.521. The number of aryl methyl sites for hydroxylation is 1. The van der Waals surface area contributed by atoms with E-state index in [1.54, 1.807) is 7.11 Å². The van der Waals surface area contributed by atoms with Crippen molar-refractivity contribution >= 4 is 17.4 Å². The van der Waals surface area contributed by atoms with Gasteiger partial charge in [-0.3, -0.25) is 9.59 Å². The van der Waals surface area contributed by atoms with Gasteiger partial charge in [-0.25, -0.2) is 0 Å². The van der Waals surface area contributed by atoms with Crippen LogP contribution in [0.2, 0.25) is 0 Å². The third kappa shape index (κ3) is 1.82. The normalized spacial score (nSPS) is 28.7. The van der Waals surface area contributed by atoms with Crippen LogP contribution in [0, 0.1) is 23.7 Å². The first-order valence-electron chi connectivity index (χ1n) is 7.82. The van der Waals surface area contributed by atoms with Crippen molar-refractivity contribution in [3.05, 3.63) is 23.8 Å². The molecule has 1 N–H and O–H groups in total. The Balaban J connectivity index is 1.95. The minimum atomic E-state index is -0.883. The van der Waals surface area contributed by atoms with E-state index in [0.29, 0.717) is 30.2 Å². The van der Waals surface area contributed by atoms with Crippen LogP contribution in [0.1, 0.15) is 38.7 Å². The Hall–Kier alpha value is -1.84. The number of nitrogens with one attached hydrogen (secondary N) is 1. The van der Waals surface area contributed by atoms with E-state index in [9.17, 15) is 9.59 Å². The van der Waals surface area contributed by atoms with E-state index in [1.807, 2.05) is 25.1 Å². The molecule has 2 fully saturated rings. The highest BCUT2D eigenvalue weighted by molar-refractivity contribution is 6.14. The zero-order valence-electron chi connectivity index (χ0n) is 13.7. The van der Waals surface area contributed by atoms with Crippen molar-refractivity contribution in [2.24, 2.45) is 16.7 Å². The van der Waals surface area contributed by atoms with Crippen LogP contribution in [0.4, 0.5) is 5.69 Å². The number of hydrogen-bond donors (Lipinski definition) is 1. The summed E-state index contributed by atoms with van der Waals surface area (Å²) in [5, 5.41) is 2.96. The number of benzene rings is 1. The maximum atomic E-state index is 13.0. The van der Waals surface area contributed by atoms with E-state index in [2.05, 4.69) is 19.2 Å². The molecule has 4 nitrogen and oxygen atoms in total. The van der Waals surface area contributed by atoms with Crippen LogP contribution < -0.4 is 10.1 Å². The molecule has 0 heterocycles. The fraction of sp³-hybridized carbons (Fsp3) is 0.556. The van der Waals surface area contributed by atoms with Gasteiger partial charge in [0.15, 0.2) is 0 Å². The Morgan fingerprint density at radius 1 is 1.36 bits per heavy atom. The number of carbonyl (C=O) groups is 2. The zero-order valence-corrected chi connectivity index (χ0v) is 13.7. The van der Waals surface area contributed by atoms with E-state index < -0.39 is 5.41 Å². The first kappa shape index (κ1) is 15.1. The Morgan fingerprint density at radius 3 is 2.64 bits per heavy atom. The number of hydrogen-bond acceptors (Lipinski definition) is 3. The fourth-order valence-electron chi connectivity index (χ4n) is 4.36. The Kier molecular flexibility index (Phi) is 3.31. The van der Waals surface area contributed by atoms with Gasteiger partial charge in [-0.1, -0.05) is 19.9 Å². The van der Waals surface area contributed by atoms with Gasteiger partial charge in [0, 0.05) is 6.42 Å². The van der Waals surface area contributed by atoms with Crippen molar-refractivity contribution in [3.8, 4) is 5.75 Å². The minimum Gasteiger partial charge on any atom is -0.495 e. The molecule has 2 aliphatic carbocycles. The minimum absolute atomic E-state index is 0.0952. The van der Waals surface area contributed by atoms with Gasteiger partial charge in [0.1, 0.15) is 16.9 Å². The van der Waals surface area contributed by atoms with Crippen molar-refractivity contribution in [2.45, 2.75) is 40.0 Å². The molecule has 0 aromatic heterocycles. The molecule has 0 spiro atoms. The fourth-order valence-corrected chi connectivity index (χ4v) is 4.36. The SMILES string of the molecule is COc1ccc(C)cc1NC(=O)C12CCC(CC1=O)C2(C)C. The summed E-state index contributed by atoms with van der Waals surface area (Å²) in [5.74, 6) is 0.863. The van der Waals surface area contributed by atoms with E-state index in [4.69, 9.17) is 4.74 Å². The van der Waals surface area contributed by atoms with Gasteiger partial charge < -0.3 is 10.1 Å². The first-order valence-corrected chi connectivity index (χ1v) is 7.82. The number of Topliss-reactive ketones (excluding diaryl/α,β-unsaturated/α-hetero) is 1. The second-order valence-corrected chi connectivity index (χ2v) is 7.15. The highest BCUT2D eigenvalue weighted by Crippen LogP contribution is 2.64. The molecule has 4 heteroatoms. The molecule has 118 valence electrons. The molecule has 0 aliphatic heterocycles. The molecule has 2 atom stereocenters. The van der Waals surface area contributed by atoms with Crippen LogP contribution in [-0.2, 0) is 9.59 Å². The first-order chi connectivity index (χ1) is 10.3. The number of ether oxygens (including phenoxy) is 1. The predicted molar refractivity (Wildman–Crippen MR) is 84.9 cm³/mol. The lowest BCUT2D eigenvalue weighted by Crippen LogP contribution is -2.46. The lowest BCUT2D eigenvalue weighted by molar-refractivity contribution is -0.141. The molecule has 2 aliphatic rings. The van der Waals surface area contributed by atoms with Crippen molar-refractivity contribution in [1.82, 2.24) is 0 Å². The van der Waals surface area contributed by atoms with Crippen molar-refractivity contribution in [1.29, 1.82) is 0 Å². The van der Waals surface area contributed by atoms with Gasteiger partial charge in [-0.15, -0.1) is 0 Å². The molecule has 2 saturated carbocycles. The number of amides is 1. The van der Waals surface area contributed by atoms with E-state index >= 15 is 0 Å². The average molecular weight is 301 g/mol. The molecule has 1 amide bonds. The van der Waals surface area contributed by atoms with Gasteiger partial charge in [0.2, 0.25) is 5.91 Å². The maximum Gasteiger partial charge on any atom is 0.238 e. The van der Waals surface area contributed by atoms with Crippen LogP contribution >= 0.6 is 0 Å². The molecular weight excluding hydrogens is 278 g/mol. The lowest BCUT2D eigenvalue weighted by atomic mass is 9.68. The van der Waals surface area contributed by atoms with Gasteiger partial charge in [0.05, 0.1) is 12.8 Å². The second-order valence-electron chi connectivity index (χ2n) is 7.15. The topological polar surface area (TPSA) is 55.4 Å². The zero-order chi connectivity index (χ0) is 16.1.